The number of carbonyl (C=O) groups is 1. The van der Waals surface area contributed by atoms with Crippen LogP contribution in [0.1, 0.15) is 41.5 Å². The molecule has 0 heterocycles. The summed E-state index contributed by atoms with van der Waals surface area (Å²) in [7, 11) is 3.25. The quantitative estimate of drug-likeness (QED) is 0.718. The smallest absolute Gasteiger partial charge is 0.215 e. The lowest BCUT2D eigenvalue weighted by molar-refractivity contribution is -0.168. The van der Waals surface area contributed by atoms with E-state index in [1.165, 1.54) is 0 Å². The Hall–Kier alpha value is -0.930. The van der Waals surface area contributed by atoms with Crippen LogP contribution in [0.15, 0.2) is 23.3 Å². The zero-order valence-corrected chi connectivity index (χ0v) is 13.4. The molecule has 0 aromatic heterocycles. The van der Waals surface area contributed by atoms with Crippen molar-refractivity contribution in [3.63, 3.8) is 0 Å². The Labute approximate surface area is 116 Å². The molecule has 0 amide bonds. The molecule has 0 atom stereocenters. The van der Waals surface area contributed by atoms with E-state index in [0.29, 0.717) is 0 Å². The van der Waals surface area contributed by atoms with Gasteiger partial charge >= 0.3 is 0 Å². The zero-order valence-electron chi connectivity index (χ0n) is 13.4. The van der Waals surface area contributed by atoms with Crippen LogP contribution >= 0.6 is 0 Å². The maximum Gasteiger partial charge on any atom is 0.215 e. The third kappa shape index (κ3) is 2.82. The number of hydrogen-bond donors (Lipinski definition) is 0. The minimum Gasteiger partial charge on any atom is -0.346 e. The second-order valence-electron chi connectivity index (χ2n) is 7.04. The van der Waals surface area contributed by atoms with Gasteiger partial charge in [0.15, 0.2) is 5.78 Å². The van der Waals surface area contributed by atoms with Gasteiger partial charge in [-0.05, 0) is 23.0 Å². The molecule has 0 bridgehead atoms. The molecule has 0 spiro atoms. The Kier molecular flexibility index (Phi) is 4.14. The summed E-state index contributed by atoms with van der Waals surface area (Å²) in [4.78, 5) is 12.0. The van der Waals surface area contributed by atoms with Crippen LogP contribution in [0.4, 0.5) is 0 Å². The minimum atomic E-state index is -0.954. The summed E-state index contributed by atoms with van der Waals surface area (Å²) in [6, 6.07) is 0. The molecule has 108 valence electrons. The van der Waals surface area contributed by atoms with Gasteiger partial charge in [0.05, 0.1) is 0 Å². The lowest BCUT2D eigenvalue weighted by Gasteiger charge is -2.46. The maximum absolute atomic E-state index is 12.0. The molecular formula is C16H26O3. The molecule has 19 heavy (non-hydrogen) atoms. The van der Waals surface area contributed by atoms with E-state index in [2.05, 4.69) is 41.5 Å². The van der Waals surface area contributed by atoms with Gasteiger partial charge < -0.3 is 9.47 Å². The zero-order chi connectivity index (χ0) is 15.1. The molecule has 0 N–H and O–H groups in total. The summed E-state index contributed by atoms with van der Waals surface area (Å²) in [5.41, 5.74) is 1.30. The topological polar surface area (TPSA) is 35.5 Å². The van der Waals surface area contributed by atoms with Crippen molar-refractivity contribution in [3.8, 4) is 0 Å². The Bertz CT molecular complexity index is 388. The molecule has 1 aliphatic rings. The van der Waals surface area contributed by atoms with E-state index in [0.717, 1.165) is 11.1 Å². The molecule has 0 aromatic rings. The first-order chi connectivity index (χ1) is 8.49. The Morgan fingerprint density at radius 2 is 1.16 bits per heavy atom. The normalized spacial score (nSPS) is 20.1. The van der Waals surface area contributed by atoms with E-state index < -0.39 is 5.79 Å². The number of hydrogen-bond acceptors (Lipinski definition) is 3. The van der Waals surface area contributed by atoms with Gasteiger partial charge in [-0.15, -0.1) is 0 Å². The van der Waals surface area contributed by atoms with Gasteiger partial charge in [-0.1, -0.05) is 41.5 Å². The molecule has 3 nitrogen and oxygen atoms in total. The largest absolute Gasteiger partial charge is 0.346 e. The average Bonchev–Trinajstić information content (AvgIpc) is 2.26. The van der Waals surface area contributed by atoms with Crippen LogP contribution < -0.4 is 0 Å². The molecular weight excluding hydrogens is 240 g/mol. The van der Waals surface area contributed by atoms with Crippen LogP contribution in [0.2, 0.25) is 0 Å². The molecule has 0 unspecified atom stereocenters. The van der Waals surface area contributed by atoms with E-state index in [-0.39, 0.29) is 16.6 Å². The monoisotopic (exact) mass is 266 g/mol. The highest BCUT2D eigenvalue weighted by Gasteiger charge is 2.49. The molecule has 1 aliphatic carbocycles. The molecule has 0 radical (unpaired) electrons. The molecule has 3 heteroatoms. The van der Waals surface area contributed by atoms with Crippen molar-refractivity contribution < 1.29 is 14.3 Å². The second kappa shape index (κ2) is 4.88. The van der Waals surface area contributed by atoms with Crippen molar-refractivity contribution in [1.82, 2.24) is 0 Å². The number of rotatable bonds is 2. The Balaban J connectivity index is 3.55. The highest BCUT2D eigenvalue weighted by Crippen LogP contribution is 2.48. The van der Waals surface area contributed by atoms with Crippen molar-refractivity contribution in [1.29, 1.82) is 0 Å². The van der Waals surface area contributed by atoms with Crippen molar-refractivity contribution in [2.75, 3.05) is 14.2 Å². The second-order valence-corrected chi connectivity index (χ2v) is 7.04. The first-order valence-corrected chi connectivity index (χ1v) is 6.58. The van der Waals surface area contributed by atoms with Crippen LogP contribution in [0, 0.1) is 10.8 Å². The summed E-state index contributed by atoms with van der Waals surface area (Å²) in [6.45, 7) is 12.4. The van der Waals surface area contributed by atoms with Crippen molar-refractivity contribution >= 4 is 5.78 Å². The number of ketones is 1. The number of ether oxygens (including phenoxy) is 2. The predicted molar refractivity (Wildman–Crippen MR) is 76.8 cm³/mol. The molecule has 0 aliphatic heterocycles. The fraction of sp³-hybridized carbons (Fsp3) is 0.688. The number of carbonyl (C=O) groups excluding carboxylic acids is 1. The van der Waals surface area contributed by atoms with Crippen LogP contribution in [-0.2, 0) is 14.3 Å². The highest BCUT2D eigenvalue weighted by atomic mass is 16.7. The van der Waals surface area contributed by atoms with Gasteiger partial charge in [-0.25, -0.2) is 0 Å². The standard InChI is InChI=1S/C16H26O3/c1-14(2,3)12-9-11(17)10-13(15(4,5)6)16(12,18-7)19-8/h9-10H,1-8H3. The van der Waals surface area contributed by atoms with Crippen molar-refractivity contribution in [2.45, 2.75) is 47.3 Å². The van der Waals surface area contributed by atoms with Crippen molar-refractivity contribution in [3.05, 3.63) is 23.3 Å². The van der Waals surface area contributed by atoms with Gasteiger partial charge in [-0.2, -0.15) is 0 Å². The van der Waals surface area contributed by atoms with Gasteiger partial charge in [0.2, 0.25) is 5.79 Å². The van der Waals surface area contributed by atoms with Crippen LogP contribution in [-0.4, -0.2) is 25.8 Å². The molecule has 0 saturated heterocycles. The Morgan fingerprint density at radius 3 is 1.37 bits per heavy atom. The highest BCUT2D eigenvalue weighted by molar-refractivity contribution is 6.02. The maximum atomic E-state index is 12.0. The third-order valence-electron chi connectivity index (χ3n) is 3.47. The lowest BCUT2D eigenvalue weighted by atomic mass is 9.69. The summed E-state index contributed by atoms with van der Waals surface area (Å²) in [5.74, 6) is -0.954. The SMILES string of the molecule is COC1(OC)C(C(C)(C)C)=CC(=O)C=C1C(C)(C)C. The first-order valence-electron chi connectivity index (χ1n) is 6.58. The summed E-state index contributed by atoms with van der Waals surface area (Å²) < 4.78 is 11.5. The van der Waals surface area contributed by atoms with Crippen LogP contribution in [0.3, 0.4) is 0 Å². The molecule has 0 saturated carbocycles. The van der Waals surface area contributed by atoms with E-state index in [1.54, 1.807) is 26.4 Å². The van der Waals surface area contributed by atoms with E-state index in [4.69, 9.17) is 9.47 Å². The third-order valence-corrected chi connectivity index (χ3v) is 3.47. The number of allylic oxidation sites excluding steroid dienone is 2. The minimum absolute atomic E-state index is 0.000394. The van der Waals surface area contributed by atoms with E-state index in [9.17, 15) is 4.79 Å². The molecule has 1 rings (SSSR count). The number of methoxy groups -OCH3 is 2. The lowest BCUT2D eigenvalue weighted by Crippen LogP contribution is -2.48. The van der Waals surface area contributed by atoms with E-state index >= 15 is 0 Å². The van der Waals surface area contributed by atoms with E-state index in [1.807, 2.05) is 0 Å². The van der Waals surface area contributed by atoms with Gasteiger partial charge in [0.25, 0.3) is 0 Å². The van der Waals surface area contributed by atoms with Gasteiger partial charge in [-0.3, -0.25) is 4.79 Å². The van der Waals surface area contributed by atoms with Crippen LogP contribution in [0.5, 0.6) is 0 Å². The van der Waals surface area contributed by atoms with Gasteiger partial charge in [0.1, 0.15) is 0 Å². The van der Waals surface area contributed by atoms with Crippen LogP contribution in [0.25, 0.3) is 0 Å². The first kappa shape index (κ1) is 16.1. The summed E-state index contributed by atoms with van der Waals surface area (Å²) in [6.07, 6.45) is 3.28. The summed E-state index contributed by atoms with van der Waals surface area (Å²) >= 11 is 0. The van der Waals surface area contributed by atoms with Crippen molar-refractivity contribution in [2.24, 2.45) is 10.8 Å². The van der Waals surface area contributed by atoms with Gasteiger partial charge in [0, 0.05) is 25.4 Å². The molecule has 0 fully saturated rings. The average molecular weight is 266 g/mol. The summed E-state index contributed by atoms with van der Waals surface area (Å²) in [5, 5.41) is 0. The predicted octanol–water partition coefficient (Wildman–Crippen LogP) is 3.50. The fourth-order valence-corrected chi connectivity index (χ4v) is 2.60. The fourth-order valence-electron chi connectivity index (χ4n) is 2.60. The molecule has 0 aromatic carbocycles. The Morgan fingerprint density at radius 1 is 0.842 bits per heavy atom.